The summed E-state index contributed by atoms with van der Waals surface area (Å²) >= 11 is 0. The Bertz CT molecular complexity index is 409. The topological polar surface area (TPSA) is 65.2 Å². The average Bonchev–Trinajstić information content (AvgIpc) is 2.13. The third-order valence-electron chi connectivity index (χ3n) is 1.55. The maximum atomic E-state index is 13.1. The Kier molecular flexibility index (Phi) is 3.13. The van der Waals surface area contributed by atoms with Gasteiger partial charge < -0.3 is 10.5 Å². The summed E-state index contributed by atoms with van der Waals surface area (Å²) < 4.78 is 43.3. The zero-order valence-corrected chi connectivity index (χ0v) is 7.68. The molecule has 7 heteroatoms. The van der Waals surface area contributed by atoms with Crippen LogP contribution in [0.4, 0.5) is 13.2 Å². The number of nitrogens with two attached hydrogens (primary N) is 1. The van der Waals surface area contributed by atoms with Crippen LogP contribution in [0.15, 0.2) is 0 Å². The lowest BCUT2D eigenvalue weighted by Gasteiger charge is -2.09. The maximum absolute atomic E-state index is 13.1. The van der Waals surface area contributed by atoms with Crippen LogP contribution in [0.25, 0.3) is 0 Å². The number of hydrogen-bond acceptors (Lipinski definition) is 3. The fourth-order valence-electron chi connectivity index (χ4n) is 0.982. The number of primary amides is 1. The summed E-state index contributed by atoms with van der Waals surface area (Å²) in [6, 6.07) is 0. The zero-order chi connectivity index (χ0) is 11.6. The van der Waals surface area contributed by atoms with Crippen molar-refractivity contribution < 1.29 is 22.7 Å². The summed E-state index contributed by atoms with van der Waals surface area (Å²) in [7, 11) is 0. The molecule has 1 aromatic rings. The van der Waals surface area contributed by atoms with Gasteiger partial charge in [-0.25, -0.2) is 0 Å². The molecule has 1 amide bonds. The Morgan fingerprint density at radius 2 is 2.00 bits per heavy atom. The maximum Gasteiger partial charge on any atom is 0.257 e. The predicted octanol–water partition coefficient (Wildman–Crippen LogP) is 0.997. The summed E-state index contributed by atoms with van der Waals surface area (Å²) in [5.74, 6) is -6.84. The minimum absolute atomic E-state index is 0.0694. The summed E-state index contributed by atoms with van der Waals surface area (Å²) in [5, 5.41) is 0. The minimum atomic E-state index is -1.68. The van der Waals surface area contributed by atoms with Crippen LogP contribution in [0.1, 0.15) is 17.3 Å². The highest BCUT2D eigenvalue weighted by molar-refractivity contribution is 5.95. The number of ether oxygens (including phenoxy) is 1. The van der Waals surface area contributed by atoms with Crippen LogP contribution in [-0.4, -0.2) is 17.5 Å². The fourth-order valence-corrected chi connectivity index (χ4v) is 0.982. The molecule has 0 saturated heterocycles. The first-order chi connectivity index (χ1) is 6.99. The quantitative estimate of drug-likeness (QED) is 0.772. The molecule has 4 nitrogen and oxygen atoms in total. The van der Waals surface area contributed by atoms with Crippen LogP contribution in [-0.2, 0) is 0 Å². The first kappa shape index (κ1) is 11.3. The first-order valence-corrected chi connectivity index (χ1v) is 3.96. The average molecular weight is 220 g/mol. The van der Waals surface area contributed by atoms with E-state index in [0.29, 0.717) is 0 Å². The Labute approximate surface area is 82.9 Å². The highest BCUT2D eigenvalue weighted by Crippen LogP contribution is 2.25. The number of carbonyl (C=O) groups is 1. The monoisotopic (exact) mass is 220 g/mol. The van der Waals surface area contributed by atoms with Gasteiger partial charge in [-0.15, -0.1) is 0 Å². The van der Waals surface area contributed by atoms with E-state index in [4.69, 9.17) is 5.73 Å². The Morgan fingerprint density at radius 3 is 2.47 bits per heavy atom. The summed E-state index contributed by atoms with van der Waals surface area (Å²) in [6.45, 7) is 1.39. The number of nitrogens with zero attached hydrogens (tertiary/aromatic N) is 1. The SMILES string of the molecule is CCOc1c(F)c(F)nc(F)c1C(N)=O. The molecule has 15 heavy (non-hydrogen) atoms. The van der Waals surface area contributed by atoms with Crippen molar-refractivity contribution in [3.8, 4) is 5.75 Å². The van der Waals surface area contributed by atoms with Crippen LogP contribution < -0.4 is 10.5 Å². The van der Waals surface area contributed by atoms with Crippen molar-refractivity contribution in [2.45, 2.75) is 6.92 Å². The number of pyridine rings is 1. The molecule has 1 aromatic heterocycles. The van der Waals surface area contributed by atoms with E-state index in [1.165, 1.54) is 6.92 Å². The molecule has 82 valence electrons. The normalized spacial score (nSPS) is 10.1. The van der Waals surface area contributed by atoms with Crippen molar-refractivity contribution in [2.75, 3.05) is 6.61 Å². The standard InChI is InChI=1S/C8H7F3N2O2/c1-2-15-5-3(8(12)14)6(10)13-7(11)4(5)9/h2H2,1H3,(H2,12,14). The molecule has 0 bridgehead atoms. The highest BCUT2D eigenvalue weighted by atomic mass is 19.2. The summed E-state index contributed by atoms with van der Waals surface area (Å²) in [6.07, 6.45) is 0. The van der Waals surface area contributed by atoms with Gasteiger partial charge in [0, 0.05) is 0 Å². The van der Waals surface area contributed by atoms with E-state index >= 15 is 0 Å². The van der Waals surface area contributed by atoms with Gasteiger partial charge in [0.15, 0.2) is 5.75 Å². The molecule has 0 fully saturated rings. The molecule has 1 heterocycles. The van der Waals surface area contributed by atoms with E-state index in [-0.39, 0.29) is 6.61 Å². The van der Waals surface area contributed by atoms with Gasteiger partial charge in [-0.2, -0.15) is 18.2 Å². The van der Waals surface area contributed by atoms with E-state index in [9.17, 15) is 18.0 Å². The van der Waals surface area contributed by atoms with E-state index in [2.05, 4.69) is 9.72 Å². The molecule has 0 aliphatic rings. The number of carbonyl (C=O) groups excluding carboxylic acids is 1. The molecule has 0 aliphatic heterocycles. The molecule has 0 radical (unpaired) electrons. The molecular weight excluding hydrogens is 213 g/mol. The van der Waals surface area contributed by atoms with Gasteiger partial charge in [0.1, 0.15) is 5.56 Å². The number of halogens is 3. The van der Waals surface area contributed by atoms with Gasteiger partial charge in [0.25, 0.3) is 11.9 Å². The van der Waals surface area contributed by atoms with Crippen LogP contribution in [0.2, 0.25) is 0 Å². The zero-order valence-electron chi connectivity index (χ0n) is 7.68. The van der Waals surface area contributed by atoms with Gasteiger partial charge in [-0.05, 0) is 6.92 Å². The summed E-state index contributed by atoms with van der Waals surface area (Å²) in [5.41, 5.74) is 3.88. The number of aromatic nitrogens is 1. The molecule has 0 aliphatic carbocycles. The van der Waals surface area contributed by atoms with Crippen molar-refractivity contribution in [3.63, 3.8) is 0 Å². The third kappa shape index (κ3) is 2.00. The molecule has 0 spiro atoms. The second-order valence-corrected chi connectivity index (χ2v) is 2.51. The predicted molar refractivity (Wildman–Crippen MR) is 43.8 cm³/mol. The van der Waals surface area contributed by atoms with Crippen molar-refractivity contribution >= 4 is 5.91 Å². The van der Waals surface area contributed by atoms with Crippen molar-refractivity contribution in [1.29, 1.82) is 0 Å². The molecular formula is C8H7F3N2O2. The second kappa shape index (κ2) is 4.16. The number of rotatable bonds is 3. The lowest BCUT2D eigenvalue weighted by atomic mass is 10.2. The van der Waals surface area contributed by atoms with Gasteiger partial charge in [0.2, 0.25) is 11.8 Å². The molecule has 1 rings (SSSR count). The van der Waals surface area contributed by atoms with E-state index in [0.717, 1.165) is 0 Å². The van der Waals surface area contributed by atoms with Gasteiger partial charge in [-0.1, -0.05) is 0 Å². The minimum Gasteiger partial charge on any atom is -0.490 e. The van der Waals surface area contributed by atoms with Gasteiger partial charge in [-0.3, -0.25) is 4.79 Å². The molecule has 0 aromatic carbocycles. The third-order valence-corrected chi connectivity index (χ3v) is 1.55. The lowest BCUT2D eigenvalue weighted by Crippen LogP contribution is -2.18. The largest absolute Gasteiger partial charge is 0.490 e. The summed E-state index contributed by atoms with van der Waals surface area (Å²) in [4.78, 5) is 13.3. The fraction of sp³-hybridized carbons (Fsp3) is 0.250. The van der Waals surface area contributed by atoms with Gasteiger partial charge >= 0.3 is 0 Å². The van der Waals surface area contributed by atoms with Crippen LogP contribution in [0.3, 0.4) is 0 Å². The first-order valence-electron chi connectivity index (χ1n) is 3.96. The van der Waals surface area contributed by atoms with Crippen LogP contribution in [0.5, 0.6) is 5.75 Å². The Hall–Kier alpha value is -1.79. The van der Waals surface area contributed by atoms with Crippen LogP contribution in [0, 0.1) is 17.7 Å². The van der Waals surface area contributed by atoms with Crippen LogP contribution >= 0.6 is 0 Å². The Morgan fingerprint density at radius 1 is 1.40 bits per heavy atom. The van der Waals surface area contributed by atoms with Gasteiger partial charge in [0.05, 0.1) is 6.61 Å². The Balaban J connectivity index is 3.46. The molecule has 0 saturated carbocycles. The molecule has 0 unspecified atom stereocenters. The highest BCUT2D eigenvalue weighted by Gasteiger charge is 2.25. The van der Waals surface area contributed by atoms with E-state index in [1.54, 1.807) is 0 Å². The smallest absolute Gasteiger partial charge is 0.257 e. The number of amides is 1. The van der Waals surface area contributed by atoms with Crippen molar-refractivity contribution in [3.05, 3.63) is 23.3 Å². The molecule has 2 N–H and O–H groups in total. The van der Waals surface area contributed by atoms with E-state index in [1.807, 2.05) is 0 Å². The van der Waals surface area contributed by atoms with E-state index < -0.39 is 34.9 Å². The van der Waals surface area contributed by atoms with Crippen molar-refractivity contribution in [2.24, 2.45) is 5.73 Å². The van der Waals surface area contributed by atoms with Crippen molar-refractivity contribution in [1.82, 2.24) is 4.98 Å². The lowest BCUT2D eigenvalue weighted by molar-refractivity contribution is 0.0989. The number of hydrogen-bond donors (Lipinski definition) is 1. The second-order valence-electron chi connectivity index (χ2n) is 2.51. The molecule has 0 atom stereocenters.